The molecule has 1 aromatic carbocycles. The average molecular weight is 353 g/mol. The van der Waals surface area contributed by atoms with E-state index in [0.717, 1.165) is 27.3 Å². The Kier molecular flexibility index (Phi) is 5.20. The molecular formula is C15H17BrN2OS. The van der Waals surface area contributed by atoms with Gasteiger partial charge in [-0.15, -0.1) is 11.3 Å². The fourth-order valence-corrected chi connectivity index (χ4v) is 3.19. The number of amides is 1. The number of hydrogen-bond acceptors (Lipinski definition) is 3. The second kappa shape index (κ2) is 6.90. The average Bonchev–Trinajstić information content (AvgIpc) is 2.85. The van der Waals surface area contributed by atoms with Crippen LogP contribution in [0.3, 0.4) is 0 Å². The Balaban J connectivity index is 2.06. The van der Waals surface area contributed by atoms with E-state index in [1.54, 1.807) is 11.3 Å². The Morgan fingerprint density at radius 3 is 2.75 bits per heavy atom. The minimum Gasteiger partial charge on any atom is -0.380 e. The monoisotopic (exact) mass is 352 g/mol. The number of carbonyl (C=O) groups excluding carboxylic acids is 1. The van der Waals surface area contributed by atoms with Gasteiger partial charge in [0.1, 0.15) is 0 Å². The van der Waals surface area contributed by atoms with Gasteiger partial charge < -0.3 is 10.6 Å². The first kappa shape index (κ1) is 15.1. The highest BCUT2D eigenvalue weighted by molar-refractivity contribution is 9.11. The fraction of sp³-hybridized carbons (Fsp3) is 0.267. The summed E-state index contributed by atoms with van der Waals surface area (Å²) < 4.78 is 1.13. The number of anilines is 2. The molecule has 5 heteroatoms. The lowest BCUT2D eigenvalue weighted by Gasteiger charge is -2.11. The van der Waals surface area contributed by atoms with Crippen LogP contribution in [0.5, 0.6) is 0 Å². The van der Waals surface area contributed by atoms with Crippen LogP contribution >= 0.6 is 27.3 Å². The number of benzene rings is 1. The molecule has 0 atom stereocenters. The van der Waals surface area contributed by atoms with E-state index in [1.807, 2.05) is 31.2 Å². The molecule has 0 unspecified atom stereocenters. The van der Waals surface area contributed by atoms with Crippen molar-refractivity contribution in [2.75, 3.05) is 10.6 Å². The molecule has 106 valence electrons. The quantitative estimate of drug-likeness (QED) is 0.812. The Bertz CT molecular complexity index is 610. The lowest BCUT2D eigenvalue weighted by molar-refractivity contribution is -0.115. The summed E-state index contributed by atoms with van der Waals surface area (Å²) in [5.41, 5.74) is 3.04. The zero-order chi connectivity index (χ0) is 14.5. The molecule has 3 nitrogen and oxygen atoms in total. The summed E-state index contributed by atoms with van der Waals surface area (Å²) in [6, 6.07) is 10.1. The smallest absolute Gasteiger partial charge is 0.224 e. The van der Waals surface area contributed by atoms with Gasteiger partial charge in [0.15, 0.2) is 0 Å². The summed E-state index contributed by atoms with van der Waals surface area (Å²) in [6.07, 6.45) is 0.486. The maximum absolute atomic E-state index is 11.4. The predicted molar refractivity (Wildman–Crippen MR) is 89.4 cm³/mol. The highest BCUT2D eigenvalue weighted by Crippen LogP contribution is 2.25. The number of rotatable bonds is 5. The second-order valence-electron chi connectivity index (χ2n) is 4.49. The normalized spacial score (nSPS) is 10.3. The van der Waals surface area contributed by atoms with Gasteiger partial charge in [-0.1, -0.05) is 13.0 Å². The van der Waals surface area contributed by atoms with Crippen molar-refractivity contribution in [3.63, 3.8) is 0 Å². The van der Waals surface area contributed by atoms with Crippen LogP contribution in [0.15, 0.2) is 34.1 Å². The van der Waals surface area contributed by atoms with Crippen LogP contribution in [0.2, 0.25) is 0 Å². The van der Waals surface area contributed by atoms with E-state index in [2.05, 4.69) is 39.6 Å². The van der Waals surface area contributed by atoms with E-state index >= 15 is 0 Å². The Morgan fingerprint density at radius 2 is 2.10 bits per heavy atom. The zero-order valence-corrected chi connectivity index (χ0v) is 13.9. The zero-order valence-electron chi connectivity index (χ0n) is 11.5. The largest absolute Gasteiger partial charge is 0.380 e. The van der Waals surface area contributed by atoms with Gasteiger partial charge in [0.2, 0.25) is 5.91 Å². The SMILES string of the molecule is CCC(=O)Nc1ccc(C)c(NCc2ccc(Br)s2)c1. The van der Waals surface area contributed by atoms with Crippen LogP contribution in [0, 0.1) is 6.92 Å². The van der Waals surface area contributed by atoms with E-state index in [0.29, 0.717) is 6.42 Å². The van der Waals surface area contributed by atoms with Crippen molar-refractivity contribution in [1.82, 2.24) is 0 Å². The van der Waals surface area contributed by atoms with E-state index in [4.69, 9.17) is 0 Å². The van der Waals surface area contributed by atoms with Gasteiger partial charge in [-0.2, -0.15) is 0 Å². The van der Waals surface area contributed by atoms with Crippen molar-refractivity contribution in [3.8, 4) is 0 Å². The summed E-state index contributed by atoms with van der Waals surface area (Å²) in [6.45, 7) is 4.68. The molecule has 0 aliphatic heterocycles. The molecule has 1 amide bonds. The van der Waals surface area contributed by atoms with Crippen LogP contribution in [0.25, 0.3) is 0 Å². The molecular weight excluding hydrogens is 336 g/mol. The Hall–Kier alpha value is -1.33. The maximum atomic E-state index is 11.4. The third-order valence-corrected chi connectivity index (χ3v) is 4.55. The van der Waals surface area contributed by atoms with Crippen LogP contribution in [-0.2, 0) is 11.3 Å². The number of carbonyl (C=O) groups is 1. The molecule has 2 aromatic rings. The second-order valence-corrected chi connectivity index (χ2v) is 7.04. The molecule has 0 spiro atoms. The third kappa shape index (κ3) is 4.08. The Morgan fingerprint density at radius 1 is 1.30 bits per heavy atom. The van der Waals surface area contributed by atoms with Gasteiger partial charge in [-0.3, -0.25) is 4.79 Å². The van der Waals surface area contributed by atoms with Crippen LogP contribution in [0.1, 0.15) is 23.8 Å². The topological polar surface area (TPSA) is 41.1 Å². The summed E-state index contributed by atoms with van der Waals surface area (Å²) >= 11 is 5.18. The number of halogens is 1. The molecule has 0 fully saturated rings. The van der Waals surface area contributed by atoms with Gasteiger partial charge in [0, 0.05) is 29.2 Å². The van der Waals surface area contributed by atoms with Gasteiger partial charge in [0.05, 0.1) is 3.79 Å². The summed E-state index contributed by atoms with van der Waals surface area (Å²) in [4.78, 5) is 12.7. The minimum absolute atomic E-state index is 0.0296. The van der Waals surface area contributed by atoms with Crippen molar-refractivity contribution in [1.29, 1.82) is 0 Å². The predicted octanol–water partition coefficient (Wildman–Crippen LogP) is 4.78. The van der Waals surface area contributed by atoms with Gasteiger partial charge in [-0.25, -0.2) is 0 Å². The number of thiophene rings is 1. The molecule has 0 bridgehead atoms. The van der Waals surface area contributed by atoms with E-state index in [9.17, 15) is 4.79 Å². The number of nitrogens with one attached hydrogen (secondary N) is 2. The molecule has 2 rings (SSSR count). The van der Waals surface area contributed by atoms with Crippen molar-refractivity contribution in [2.45, 2.75) is 26.8 Å². The van der Waals surface area contributed by atoms with Crippen LogP contribution in [0.4, 0.5) is 11.4 Å². The molecule has 0 radical (unpaired) electrons. The molecule has 20 heavy (non-hydrogen) atoms. The molecule has 0 saturated carbocycles. The highest BCUT2D eigenvalue weighted by Gasteiger charge is 2.04. The summed E-state index contributed by atoms with van der Waals surface area (Å²) in [7, 11) is 0. The summed E-state index contributed by atoms with van der Waals surface area (Å²) in [5.74, 6) is 0.0296. The molecule has 2 N–H and O–H groups in total. The molecule has 1 aromatic heterocycles. The Labute approximate surface area is 131 Å². The third-order valence-electron chi connectivity index (χ3n) is 2.92. The first-order valence-corrected chi connectivity index (χ1v) is 8.08. The molecule has 0 saturated heterocycles. The lowest BCUT2D eigenvalue weighted by atomic mass is 10.1. The van der Waals surface area contributed by atoms with Crippen LogP contribution < -0.4 is 10.6 Å². The van der Waals surface area contributed by atoms with E-state index in [1.165, 1.54) is 4.88 Å². The van der Waals surface area contributed by atoms with E-state index < -0.39 is 0 Å². The number of hydrogen-bond donors (Lipinski definition) is 2. The van der Waals surface area contributed by atoms with Crippen molar-refractivity contribution < 1.29 is 4.79 Å². The minimum atomic E-state index is 0.0296. The van der Waals surface area contributed by atoms with E-state index in [-0.39, 0.29) is 5.91 Å². The molecule has 0 aliphatic carbocycles. The molecule has 1 heterocycles. The standard InChI is InChI=1S/C15H17BrN2OS/c1-3-15(19)18-11-5-4-10(2)13(8-11)17-9-12-6-7-14(16)20-12/h4-8,17H,3,9H2,1-2H3,(H,18,19). The number of aryl methyl sites for hydroxylation is 1. The fourth-order valence-electron chi connectivity index (χ4n) is 1.77. The highest BCUT2D eigenvalue weighted by atomic mass is 79.9. The lowest BCUT2D eigenvalue weighted by Crippen LogP contribution is -2.10. The van der Waals surface area contributed by atoms with Crippen LogP contribution in [-0.4, -0.2) is 5.91 Å². The van der Waals surface area contributed by atoms with Gasteiger partial charge in [-0.05, 0) is 52.7 Å². The summed E-state index contributed by atoms with van der Waals surface area (Å²) in [5, 5.41) is 6.29. The first-order chi connectivity index (χ1) is 9.58. The first-order valence-electron chi connectivity index (χ1n) is 6.47. The molecule has 0 aliphatic rings. The van der Waals surface area contributed by atoms with Gasteiger partial charge in [0.25, 0.3) is 0 Å². The van der Waals surface area contributed by atoms with Gasteiger partial charge >= 0.3 is 0 Å². The van der Waals surface area contributed by atoms with Crippen molar-refractivity contribution in [2.24, 2.45) is 0 Å². The van der Waals surface area contributed by atoms with Crippen molar-refractivity contribution in [3.05, 3.63) is 44.6 Å². The maximum Gasteiger partial charge on any atom is 0.224 e. The van der Waals surface area contributed by atoms with Crippen molar-refractivity contribution >= 4 is 44.5 Å².